The van der Waals surface area contributed by atoms with E-state index < -0.39 is 0 Å². The van der Waals surface area contributed by atoms with Crippen molar-refractivity contribution in [2.75, 3.05) is 18.9 Å². The lowest BCUT2D eigenvalue weighted by molar-refractivity contribution is 0.138. The number of nitriles is 1. The molecular formula is C25H26N6O3. The Bertz CT molecular complexity index is 1240. The third-order valence-electron chi connectivity index (χ3n) is 5.71. The Morgan fingerprint density at radius 1 is 1.29 bits per heavy atom. The molecule has 9 nitrogen and oxygen atoms in total. The van der Waals surface area contributed by atoms with E-state index in [1.54, 1.807) is 30.5 Å². The molecule has 1 aliphatic heterocycles. The monoisotopic (exact) mass is 458 g/mol. The van der Waals surface area contributed by atoms with Crippen LogP contribution in [0.4, 0.5) is 5.69 Å². The first-order chi connectivity index (χ1) is 16.4. The number of nitrogens with zero attached hydrogens (tertiary/aromatic N) is 4. The molecule has 1 aromatic carbocycles. The number of nitrogens with one attached hydrogen (secondary N) is 1. The maximum atomic E-state index is 9.59. The van der Waals surface area contributed by atoms with Crippen LogP contribution in [0, 0.1) is 30.6 Å². The molecule has 174 valence electrons. The third kappa shape index (κ3) is 4.82. The van der Waals surface area contributed by atoms with Crippen molar-refractivity contribution >= 4 is 11.4 Å². The highest BCUT2D eigenvalue weighted by atomic mass is 16.5. The van der Waals surface area contributed by atoms with Gasteiger partial charge in [-0.1, -0.05) is 0 Å². The number of aryl methyl sites for hydroxylation is 2. The Balaban J connectivity index is 1.58. The predicted octanol–water partition coefficient (Wildman–Crippen LogP) is 3.67. The van der Waals surface area contributed by atoms with Crippen molar-refractivity contribution in [3.63, 3.8) is 0 Å². The van der Waals surface area contributed by atoms with Crippen LogP contribution in [0.15, 0.2) is 36.7 Å². The van der Waals surface area contributed by atoms with E-state index in [2.05, 4.69) is 21.3 Å². The number of nitrogen functional groups attached to an aromatic ring is 1. The number of ether oxygens (including phenoxy) is 3. The number of aromatic nitrogens is 3. The van der Waals surface area contributed by atoms with Crippen molar-refractivity contribution in [2.24, 2.45) is 0 Å². The molecule has 1 saturated heterocycles. The molecule has 3 heterocycles. The van der Waals surface area contributed by atoms with Crippen molar-refractivity contribution in [1.82, 2.24) is 15.2 Å². The Labute approximate surface area is 198 Å². The highest BCUT2D eigenvalue weighted by molar-refractivity contribution is 6.14. The highest BCUT2D eigenvalue weighted by Gasteiger charge is 2.21. The van der Waals surface area contributed by atoms with E-state index in [1.165, 1.54) is 6.20 Å². The largest absolute Gasteiger partial charge is 0.486 e. The summed E-state index contributed by atoms with van der Waals surface area (Å²) < 4.78 is 17.3. The number of nitrogens with two attached hydrogens (primary N) is 1. The van der Waals surface area contributed by atoms with E-state index in [0.717, 1.165) is 23.2 Å². The second-order valence-corrected chi connectivity index (χ2v) is 8.20. The normalized spacial score (nSPS) is 16.0. The number of hydrogen-bond donors (Lipinski definition) is 2. The van der Waals surface area contributed by atoms with Crippen molar-refractivity contribution in [2.45, 2.75) is 39.4 Å². The summed E-state index contributed by atoms with van der Waals surface area (Å²) in [6, 6.07) is 8.88. The molecule has 0 saturated carbocycles. The summed E-state index contributed by atoms with van der Waals surface area (Å²) >= 11 is 0. The van der Waals surface area contributed by atoms with Gasteiger partial charge < -0.3 is 19.9 Å². The summed E-state index contributed by atoms with van der Waals surface area (Å²) in [7, 11) is 0. The molecule has 4 rings (SSSR count). The second-order valence-electron chi connectivity index (χ2n) is 8.20. The van der Waals surface area contributed by atoms with E-state index in [4.69, 9.17) is 25.4 Å². The number of hydrogen-bond acceptors (Lipinski definition) is 9. The maximum Gasteiger partial charge on any atom is 0.232 e. The van der Waals surface area contributed by atoms with Crippen molar-refractivity contribution in [3.8, 4) is 17.7 Å². The molecule has 0 spiro atoms. The van der Waals surface area contributed by atoms with Crippen molar-refractivity contribution < 1.29 is 14.2 Å². The van der Waals surface area contributed by atoms with Crippen LogP contribution in [0.1, 0.15) is 53.0 Å². The molecule has 3 aromatic rings. The van der Waals surface area contributed by atoms with Gasteiger partial charge in [0.1, 0.15) is 29.6 Å². The molecule has 2 atom stereocenters. The SMILES string of the molecule is Cc1cnnc(C)c1[C@@H](C)Oc1ccc(N)c(C(=N)c2cnc(O[C@@H]3CCOC3)c(C#N)c2)c1. The second kappa shape index (κ2) is 9.85. The summed E-state index contributed by atoms with van der Waals surface area (Å²) in [5.41, 5.74) is 10.7. The van der Waals surface area contributed by atoms with Gasteiger partial charge in [0, 0.05) is 35.0 Å². The van der Waals surface area contributed by atoms with Gasteiger partial charge in [-0.3, -0.25) is 5.41 Å². The molecule has 2 aromatic heterocycles. The van der Waals surface area contributed by atoms with Crippen LogP contribution in [0.3, 0.4) is 0 Å². The van der Waals surface area contributed by atoms with Crippen LogP contribution in [0.2, 0.25) is 0 Å². The minimum Gasteiger partial charge on any atom is -0.486 e. The van der Waals surface area contributed by atoms with E-state index in [0.29, 0.717) is 35.8 Å². The first-order valence-corrected chi connectivity index (χ1v) is 11.0. The van der Waals surface area contributed by atoms with Gasteiger partial charge in [0.25, 0.3) is 0 Å². The molecule has 0 amide bonds. The van der Waals surface area contributed by atoms with Crippen molar-refractivity contribution in [1.29, 1.82) is 10.7 Å². The van der Waals surface area contributed by atoms with Gasteiger partial charge in [-0.2, -0.15) is 15.5 Å². The Hall–Kier alpha value is -4.03. The van der Waals surface area contributed by atoms with Crippen LogP contribution in [-0.4, -0.2) is 40.2 Å². The van der Waals surface area contributed by atoms with E-state index >= 15 is 0 Å². The molecule has 34 heavy (non-hydrogen) atoms. The van der Waals surface area contributed by atoms with Crippen LogP contribution >= 0.6 is 0 Å². The van der Waals surface area contributed by atoms with Gasteiger partial charge >= 0.3 is 0 Å². The summed E-state index contributed by atoms with van der Waals surface area (Å²) in [6.45, 7) is 6.90. The third-order valence-corrected chi connectivity index (χ3v) is 5.71. The average molecular weight is 459 g/mol. The van der Waals surface area contributed by atoms with Gasteiger partial charge in [0.2, 0.25) is 5.88 Å². The molecule has 0 radical (unpaired) electrons. The fraction of sp³-hybridized carbons (Fsp3) is 0.320. The van der Waals surface area contributed by atoms with Gasteiger partial charge in [0.15, 0.2) is 0 Å². The van der Waals surface area contributed by atoms with E-state index in [9.17, 15) is 5.26 Å². The number of benzene rings is 1. The molecule has 3 N–H and O–H groups in total. The summed E-state index contributed by atoms with van der Waals surface area (Å²) in [4.78, 5) is 4.29. The number of anilines is 1. The van der Waals surface area contributed by atoms with Gasteiger partial charge in [-0.25, -0.2) is 4.98 Å². The van der Waals surface area contributed by atoms with Crippen LogP contribution in [0.5, 0.6) is 11.6 Å². The molecule has 0 unspecified atom stereocenters. The summed E-state index contributed by atoms with van der Waals surface area (Å²) in [5, 5.41) is 26.4. The van der Waals surface area contributed by atoms with Crippen molar-refractivity contribution in [3.05, 3.63) is 70.2 Å². The number of rotatable bonds is 7. The summed E-state index contributed by atoms with van der Waals surface area (Å²) in [5.74, 6) is 0.803. The van der Waals surface area contributed by atoms with Crippen LogP contribution in [-0.2, 0) is 4.74 Å². The quantitative estimate of drug-likeness (QED) is 0.404. The lowest BCUT2D eigenvalue weighted by Crippen LogP contribution is -2.17. The highest BCUT2D eigenvalue weighted by Crippen LogP contribution is 2.29. The minimum absolute atomic E-state index is 0.126. The summed E-state index contributed by atoms with van der Waals surface area (Å²) in [6.07, 6.45) is 3.57. The van der Waals surface area contributed by atoms with Crippen LogP contribution in [0.25, 0.3) is 0 Å². The minimum atomic E-state index is -0.274. The standard InChI is InChI=1S/C25H26N6O3/c1-14-11-30-31-15(2)23(14)16(3)33-19-4-5-22(27)21(9-19)24(28)18-8-17(10-26)25(29-12-18)34-20-6-7-32-13-20/h4-5,8-9,11-12,16,20,28H,6-7,13,27H2,1-3H3/t16-,20-/m1/s1. The molecule has 1 fully saturated rings. The Morgan fingerprint density at radius 2 is 2.12 bits per heavy atom. The number of pyridine rings is 1. The molecule has 0 bridgehead atoms. The van der Waals surface area contributed by atoms with Gasteiger partial charge in [-0.05, 0) is 50.6 Å². The first kappa shape index (κ1) is 23.1. The lowest BCUT2D eigenvalue weighted by atomic mass is 10.0. The molecule has 9 heteroatoms. The smallest absolute Gasteiger partial charge is 0.232 e. The van der Waals surface area contributed by atoms with Crippen LogP contribution < -0.4 is 15.2 Å². The Kier molecular flexibility index (Phi) is 6.70. The molecular weight excluding hydrogens is 432 g/mol. The Morgan fingerprint density at radius 3 is 2.82 bits per heavy atom. The molecule has 1 aliphatic rings. The topological polar surface area (TPSA) is 140 Å². The fourth-order valence-electron chi connectivity index (χ4n) is 4.00. The van der Waals surface area contributed by atoms with Gasteiger partial charge in [-0.15, -0.1) is 0 Å². The van der Waals surface area contributed by atoms with E-state index in [-0.39, 0.29) is 29.4 Å². The van der Waals surface area contributed by atoms with Gasteiger partial charge in [0.05, 0.1) is 30.8 Å². The zero-order valence-electron chi connectivity index (χ0n) is 19.3. The average Bonchev–Trinajstić information content (AvgIpc) is 3.33. The zero-order valence-corrected chi connectivity index (χ0v) is 19.3. The predicted molar refractivity (Wildman–Crippen MR) is 126 cm³/mol. The lowest BCUT2D eigenvalue weighted by Gasteiger charge is -2.19. The van der Waals surface area contributed by atoms with E-state index in [1.807, 2.05) is 20.8 Å². The first-order valence-electron chi connectivity index (χ1n) is 11.0. The fourth-order valence-corrected chi connectivity index (χ4v) is 4.00. The maximum absolute atomic E-state index is 9.59. The zero-order chi connectivity index (χ0) is 24.2. The molecule has 0 aliphatic carbocycles.